The van der Waals surface area contributed by atoms with E-state index in [4.69, 9.17) is 9.47 Å². The number of aryl methyl sites for hydroxylation is 3. The van der Waals surface area contributed by atoms with Gasteiger partial charge in [-0.3, -0.25) is 9.59 Å². The summed E-state index contributed by atoms with van der Waals surface area (Å²) < 4.78 is 23.0. The normalized spacial score (nSPS) is 11.7. The molecule has 5 nitrogen and oxygen atoms in total. The summed E-state index contributed by atoms with van der Waals surface area (Å²) in [6.45, 7) is 5.76. The summed E-state index contributed by atoms with van der Waals surface area (Å²) in [5, 5.41) is 0. The summed E-state index contributed by atoms with van der Waals surface area (Å²) in [5.41, 5.74) is 3.18. The van der Waals surface area contributed by atoms with Gasteiger partial charge in [0.05, 0.1) is 14.2 Å². The SMILES string of the molecule is COc1cccc(OC)c1C(=O)[PH](=O)CCC(=O)c1c(C)cc(C)cc1C. The first kappa shape index (κ1) is 20.9. The van der Waals surface area contributed by atoms with Gasteiger partial charge in [0.1, 0.15) is 24.9 Å². The second kappa shape index (κ2) is 9.01. The first-order valence-electron chi connectivity index (χ1n) is 8.69. The van der Waals surface area contributed by atoms with Gasteiger partial charge in [0.2, 0.25) is 5.52 Å². The molecule has 2 aromatic rings. The molecule has 2 aromatic carbocycles. The molecule has 0 aromatic heterocycles. The number of ketones is 1. The van der Waals surface area contributed by atoms with Gasteiger partial charge in [-0.15, -0.1) is 0 Å². The van der Waals surface area contributed by atoms with Crippen LogP contribution in [0, 0.1) is 20.8 Å². The summed E-state index contributed by atoms with van der Waals surface area (Å²) in [5.74, 6) is 0.534. The summed E-state index contributed by atoms with van der Waals surface area (Å²) >= 11 is 0. The molecule has 6 heteroatoms. The summed E-state index contributed by atoms with van der Waals surface area (Å²) in [4.78, 5) is 25.3. The molecule has 0 amide bonds. The highest BCUT2D eigenvalue weighted by molar-refractivity contribution is 7.64. The van der Waals surface area contributed by atoms with Gasteiger partial charge in [0.15, 0.2) is 5.78 Å². The summed E-state index contributed by atoms with van der Waals surface area (Å²) in [6.07, 6.45) is 0.0854. The fourth-order valence-electron chi connectivity index (χ4n) is 3.30. The molecule has 1 unspecified atom stereocenters. The van der Waals surface area contributed by atoms with Crippen molar-refractivity contribution in [1.82, 2.24) is 0 Å². The molecule has 0 heterocycles. The Bertz CT molecular complexity index is 856. The third kappa shape index (κ3) is 4.67. The van der Waals surface area contributed by atoms with Crippen LogP contribution in [0.2, 0.25) is 0 Å². The maximum absolute atomic E-state index is 12.7. The van der Waals surface area contributed by atoms with Crippen LogP contribution >= 0.6 is 7.80 Å². The number of ether oxygens (including phenoxy) is 2. The summed E-state index contributed by atoms with van der Waals surface area (Å²) in [6, 6.07) is 8.84. The minimum absolute atomic E-state index is 0.0241. The van der Waals surface area contributed by atoms with Crippen molar-refractivity contribution in [2.24, 2.45) is 0 Å². The van der Waals surface area contributed by atoms with E-state index >= 15 is 0 Å². The molecule has 144 valence electrons. The predicted octanol–water partition coefficient (Wildman–Crippen LogP) is 4.60. The van der Waals surface area contributed by atoms with E-state index < -0.39 is 13.3 Å². The Labute approximate surface area is 160 Å². The molecular weight excluding hydrogens is 363 g/mol. The van der Waals surface area contributed by atoms with Crippen molar-refractivity contribution < 1.29 is 23.6 Å². The molecule has 0 aliphatic carbocycles. The average molecular weight is 388 g/mol. The average Bonchev–Trinajstić information content (AvgIpc) is 2.63. The number of hydrogen-bond donors (Lipinski definition) is 0. The number of methoxy groups -OCH3 is 2. The minimum atomic E-state index is -2.69. The fourth-order valence-corrected chi connectivity index (χ4v) is 4.51. The van der Waals surface area contributed by atoms with Crippen LogP contribution in [-0.4, -0.2) is 31.7 Å². The van der Waals surface area contributed by atoms with Crippen molar-refractivity contribution in [3.63, 3.8) is 0 Å². The predicted molar refractivity (Wildman–Crippen MR) is 107 cm³/mol. The van der Waals surface area contributed by atoms with Crippen LogP contribution in [0.25, 0.3) is 0 Å². The van der Waals surface area contributed by atoms with Crippen LogP contribution in [0.1, 0.15) is 43.8 Å². The number of carbonyl (C=O) groups is 2. The van der Waals surface area contributed by atoms with E-state index in [0.717, 1.165) is 16.7 Å². The molecule has 0 N–H and O–H groups in total. The molecular formula is C21H25O5P. The number of Topliss-reactive ketones (excluding diaryl/α,β-unsaturated/α-hetero) is 1. The van der Waals surface area contributed by atoms with Crippen molar-refractivity contribution in [3.8, 4) is 11.5 Å². The lowest BCUT2D eigenvalue weighted by molar-refractivity contribution is 0.0988. The van der Waals surface area contributed by atoms with Crippen LogP contribution < -0.4 is 9.47 Å². The van der Waals surface area contributed by atoms with Crippen molar-refractivity contribution in [2.45, 2.75) is 27.2 Å². The van der Waals surface area contributed by atoms with Gasteiger partial charge in [0, 0.05) is 18.1 Å². The Morgan fingerprint density at radius 3 is 1.93 bits per heavy atom. The molecule has 1 atom stereocenters. The van der Waals surface area contributed by atoms with E-state index in [1.807, 2.05) is 32.9 Å². The van der Waals surface area contributed by atoms with Crippen LogP contribution in [0.4, 0.5) is 0 Å². The van der Waals surface area contributed by atoms with Crippen molar-refractivity contribution in [2.75, 3.05) is 20.4 Å². The fraction of sp³-hybridized carbons (Fsp3) is 0.333. The van der Waals surface area contributed by atoms with Gasteiger partial charge in [-0.05, 0) is 44.0 Å². The zero-order chi connectivity index (χ0) is 20.1. The quantitative estimate of drug-likeness (QED) is 0.488. The number of hydrogen-bond acceptors (Lipinski definition) is 5. The minimum Gasteiger partial charge on any atom is -0.496 e. The Morgan fingerprint density at radius 1 is 0.926 bits per heavy atom. The van der Waals surface area contributed by atoms with Crippen molar-refractivity contribution in [3.05, 3.63) is 58.1 Å². The Kier molecular flexibility index (Phi) is 6.98. The van der Waals surface area contributed by atoms with E-state index in [2.05, 4.69) is 0 Å². The first-order valence-corrected chi connectivity index (χ1v) is 10.3. The smallest absolute Gasteiger partial charge is 0.225 e. The monoisotopic (exact) mass is 388 g/mol. The molecule has 0 saturated carbocycles. The summed E-state index contributed by atoms with van der Waals surface area (Å²) in [7, 11) is 0.191. The van der Waals surface area contributed by atoms with E-state index in [1.165, 1.54) is 14.2 Å². The van der Waals surface area contributed by atoms with E-state index in [9.17, 15) is 14.2 Å². The lowest BCUT2D eigenvalue weighted by Crippen LogP contribution is -2.08. The largest absolute Gasteiger partial charge is 0.496 e. The highest BCUT2D eigenvalue weighted by Crippen LogP contribution is 2.38. The Balaban J connectivity index is 2.17. The van der Waals surface area contributed by atoms with E-state index in [0.29, 0.717) is 17.1 Å². The molecule has 0 aliphatic rings. The maximum Gasteiger partial charge on any atom is 0.225 e. The zero-order valence-electron chi connectivity index (χ0n) is 16.3. The Hall–Kier alpha value is -2.39. The van der Waals surface area contributed by atoms with Gasteiger partial charge in [-0.25, -0.2) is 0 Å². The van der Waals surface area contributed by atoms with Gasteiger partial charge >= 0.3 is 0 Å². The molecule has 2 rings (SSSR count). The maximum atomic E-state index is 12.7. The molecule has 0 spiro atoms. The standard InChI is InChI=1S/C21H25O5P/c1-13-11-14(2)19(15(3)12-13)16(22)9-10-27(24)21(23)20-17(25-4)7-6-8-18(20)26-5/h6-8,11-12,27H,9-10H2,1-5H3. The molecule has 27 heavy (non-hydrogen) atoms. The van der Waals surface area contributed by atoms with Crippen LogP contribution in [-0.2, 0) is 4.57 Å². The second-order valence-corrected chi connectivity index (χ2v) is 8.29. The lowest BCUT2D eigenvalue weighted by Gasteiger charge is -2.12. The third-order valence-corrected chi connectivity index (χ3v) is 5.90. The molecule has 0 bridgehead atoms. The lowest BCUT2D eigenvalue weighted by atomic mass is 9.96. The van der Waals surface area contributed by atoms with Crippen molar-refractivity contribution >= 4 is 19.1 Å². The van der Waals surface area contributed by atoms with Crippen LogP contribution in [0.5, 0.6) is 11.5 Å². The molecule has 0 aliphatic heterocycles. The van der Waals surface area contributed by atoms with E-state index in [1.54, 1.807) is 18.2 Å². The van der Waals surface area contributed by atoms with Crippen LogP contribution in [0.15, 0.2) is 30.3 Å². The molecule has 0 saturated heterocycles. The number of rotatable bonds is 8. The number of carbonyl (C=O) groups excluding carboxylic acids is 2. The van der Waals surface area contributed by atoms with Gasteiger partial charge < -0.3 is 14.0 Å². The highest BCUT2D eigenvalue weighted by atomic mass is 31.1. The third-order valence-electron chi connectivity index (χ3n) is 4.44. The zero-order valence-corrected chi connectivity index (χ0v) is 17.3. The highest BCUT2D eigenvalue weighted by Gasteiger charge is 2.24. The molecule has 0 radical (unpaired) electrons. The second-order valence-electron chi connectivity index (χ2n) is 6.49. The first-order chi connectivity index (χ1) is 12.8. The molecule has 0 fully saturated rings. The van der Waals surface area contributed by atoms with Gasteiger partial charge in [-0.1, -0.05) is 23.8 Å². The van der Waals surface area contributed by atoms with E-state index in [-0.39, 0.29) is 23.9 Å². The number of benzene rings is 2. The van der Waals surface area contributed by atoms with Gasteiger partial charge in [0.25, 0.3) is 0 Å². The van der Waals surface area contributed by atoms with Crippen molar-refractivity contribution in [1.29, 1.82) is 0 Å². The van der Waals surface area contributed by atoms with Gasteiger partial charge in [-0.2, -0.15) is 0 Å². The topological polar surface area (TPSA) is 69.7 Å². The Morgan fingerprint density at radius 2 is 1.44 bits per heavy atom. The van der Waals surface area contributed by atoms with Crippen LogP contribution in [0.3, 0.4) is 0 Å².